The van der Waals surface area contributed by atoms with Crippen molar-refractivity contribution >= 4 is 6.08 Å². The van der Waals surface area contributed by atoms with Crippen LogP contribution in [0.1, 0.15) is 43.0 Å². The maximum Gasteiger partial charge on any atom is 0.132 e. The van der Waals surface area contributed by atoms with Gasteiger partial charge in [-0.05, 0) is 75.0 Å². The Bertz CT molecular complexity index is 1040. The Morgan fingerprint density at radius 2 is 2.07 bits per heavy atom. The molecule has 29 heavy (non-hydrogen) atoms. The van der Waals surface area contributed by atoms with Crippen LogP contribution in [-0.2, 0) is 0 Å². The molecule has 150 valence electrons. The predicted molar refractivity (Wildman–Crippen MR) is 117 cm³/mol. The average molecular weight is 390 g/mol. The van der Waals surface area contributed by atoms with Crippen LogP contribution in [0.25, 0.3) is 11.8 Å². The molecule has 0 saturated carbocycles. The number of rotatable bonds is 4. The van der Waals surface area contributed by atoms with Crippen molar-refractivity contribution < 1.29 is 4.39 Å². The van der Waals surface area contributed by atoms with E-state index in [2.05, 4.69) is 41.6 Å². The number of hydrogen-bond donors (Lipinski definition) is 0. The van der Waals surface area contributed by atoms with Crippen LogP contribution in [0.2, 0.25) is 0 Å². The van der Waals surface area contributed by atoms with Crippen molar-refractivity contribution in [1.29, 1.82) is 0 Å². The molecule has 2 aliphatic rings. The van der Waals surface area contributed by atoms with Gasteiger partial charge in [0.1, 0.15) is 5.82 Å². The number of halogens is 1. The number of likely N-dealkylation sites (tertiary alicyclic amines) is 1. The maximum absolute atomic E-state index is 14.9. The van der Waals surface area contributed by atoms with Crippen molar-refractivity contribution in [1.82, 2.24) is 14.5 Å². The number of allylic oxidation sites excluding steroid dienone is 4. The van der Waals surface area contributed by atoms with Crippen molar-refractivity contribution in [3.63, 3.8) is 0 Å². The van der Waals surface area contributed by atoms with Crippen LogP contribution in [0, 0.1) is 19.7 Å². The van der Waals surface area contributed by atoms with Gasteiger partial charge in [-0.1, -0.05) is 24.8 Å². The van der Waals surface area contributed by atoms with Gasteiger partial charge in [0.25, 0.3) is 0 Å². The van der Waals surface area contributed by atoms with Gasteiger partial charge in [-0.25, -0.2) is 9.37 Å². The molecule has 4 heteroatoms. The lowest BCUT2D eigenvalue weighted by Gasteiger charge is -2.30. The molecule has 0 bridgehead atoms. The van der Waals surface area contributed by atoms with E-state index in [1.165, 1.54) is 5.57 Å². The van der Waals surface area contributed by atoms with Gasteiger partial charge >= 0.3 is 0 Å². The first-order chi connectivity index (χ1) is 13.9. The van der Waals surface area contributed by atoms with Gasteiger partial charge < -0.3 is 9.47 Å². The van der Waals surface area contributed by atoms with Crippen LogP contribution in [0.5, 0.6) is 0 Å². The topological polar surface area (TPSA) is 21.1 Å². The van der Waals surface area contributed by atoms with Crippen LogP contribution in [0.15, 0.2) is 66.3 Å². The summed E-state index contributed by atoms with van der Waals surface area (Å²) in [5, 5.41) is 0. The molecule has 1 saturated heterocycles. The Labute approximate surface area is 172 Å². The van der Waals surface area contributed by atoms with E-state index in [1.807, 2.05) is 36.8 Å². The number of aromatic nitrogens is 2. The first kappa shape index (κ1) is 19.4. The van der Waals surface area contributed by atoms with Crippen molar-refractivity contribution in [2.75, 3.05) is 6.54 Å². The van der Waals surface area contributed by atoms with E-state index in [-0.39, 0.29) is 5.82 Å². The van der Waals surface area contributed by atoms with Gasteiger partial charge in [0.2, 0.25) is 0 Å². The summed E-state index contributed by atoms with van der Waals surface area (Å²) in [4.78, 5) is 6.60. The fourth-order valence-electron chi connectivity index (χ4n) is 4.28. The summed E-state index contributed by atoms with van der Waals surface area (Å²) in [7, 11) is 0. The van der Waals surface area contributed by atoms with E-state index in [9.17, 15) is 4.39 Å². The van der Waals surface area contributed by atoms with Gasteiger partial charge in [-0.3, -0.25) is 0 Å². The molecule has 1 aliphatic carbocycles. The van der Waals surface area contributed by atoms with Crippen LogP contribution in [0.3, 0.4) is 0 Å². The molecule has 2 heterocycles. The first-order valence-electron chi connectivity index (χ1n) is 10.3. The van der Waals surface area contributed by atoms with Gasteiger partial charge in [0.05, 0.1) is 17.7 Å². The lowest BCUT2D eigenvalue weighted by Crippen LogP contribution is -2.30. The summed E-state index contributed by atoms with van der Waals surface area (Å²) in [5.41, 5.74) is 6.95. The minimum atomic E-state index is -0.219. The second-order valence-electron chi connectivity index (χ2n) is 8.03. The highest BCUT2D eigenvalue weighted by Gasteiger charge is 2.27. The van der Waals surface area contributed by atoms with Gasteiger partial charge in [-0.15, -0.1) is 0 Å². The summed E-state index contributed by atoms with van der Waals surface area (Å²) in [5.74, 6) is -0.219. The third-order valence-electron chi connectivity index (χ3n) is 6.02. The molecule has 2 aromatic rings. The molecular weight excluding hydrogens is 361 g/mol. The molecule has 3 nitrogen and oxygen atoms in total. The number of aryl methyl sites for hydroxylation is 2. The largest absolute Gasteiger partial charge is 0.365 e. The van der Waals surface area contributed by atoms with Crippen molar-refractivity contribution in [2.45, 2.75) is 46.1 Å². The van der Waals surface area contributed by atoms with Crippen LogP contribution >= 0.6 is 0 Å². The standard InChI is InChI=1S/C25H28FN3/c1-17-12-23(24(26)14-25(17)28-15-18(2)27-16-28)13-22-10-11-29(20(22)4)19(3)21-8-6-5-7-9-21/h5-6,8,12-16,19H,4,7,9-11H2,1-3H3/b22-13+. The summed E-state index contributed by atoms with van der Waals surface area (Å²) in [6.07, 6.45) is 15.3. The first-order valence-corrected chi connectivity index (χ1v) is 10.3. The Kier molecular flexibility index (Phi) is 5.27. The van der Waals surface area contributed by atoms with E-state index in [1.54, 1.807) is 12.4 Å². The molecule has 4 rings (SSSR count). The Morgan fingerprint density at radius 1 is 1.24 bits per heavy atom. The van der Waals surface area contributed by atoms with E-state index >= 15 is 0 Å². The van der Waals surface area contributed by atoms with E-state index in [0.29, 0.717) is 11.6 Å². The predicted octanol–water partition coefficient (Wildman–Crippen LogP) is 5.90. The molecule has 1 aromatic carbocycles. The fourth-order valence-corrected chi connectivity index (χ4v) is 4.28. The molecule has 0 N–H and O–H groups in total. The minimum Gasteiger partial charge on any atom is -0.365 e. The fraction of sp³-hybridized carbons (Fsp3) is 0.320. The zero-order valence-corrected chi connectivity index (χ0v) is 17.5. The SMILES string of the molecule is C=C1/C(=C/c2cc(C)c(-n3cnc(C)c3)cc2F)CCN1C(C)C1=CC=CCC1. The molecule has 1 aromatic heterocycles. The highest BCUT2D eigenvalue weighted by atomic mass is 19.1. The van der Waals surface area contributed by atoms with E-state index < -0.39 is 0 Å². The average Bonchev–Trinajstić information content (AvgIpc) is 3.30. The lowest BCUT2D eigenvalue weighted by atomic mass is 9.98. The molecule has 0 amide bonds. The summed E-state index contributed by atoms with van der Waals surface area (Å²) < 4.78 is 16.8. The second kappa shape index (κ2) is 7.86. The van der Waals surface area contributed by atoms with Crippen LogP contribution < -0.4 is 0 Å². The second-order valence-corrected chi connectivity index (χ2v) is 8.03. The Balaban J connectivity index is 1.58. The third kappa shape index (κ3) is 3.84. The molecule has 1 aliphatic heterocycles. The Morgan fingerprint density at radius 3 is 2.76 bits per heavy atom. The monoisotopic (exact) mass is 389 g/mol. The van der Waals surface area contributed by atoms with Crippen LogP contribution in [0.4, 0.5) is 4.39 Å². The summed E-state index contributed by atoms with van der Waals surface area (Å²) in [6.45, 7) is 11.4. The van der Waals surface area contributed by atoms with Gasteiger partial charge in [0.15, 0.2) is 0 Å². The van der Waals surface area contributed by atoms with E-state index in [4.69, 9.17) is 0 Å². The Hall–Kier alpha value is -2.88. The number of imidazole rings is 1. The van der Waals surface area contributed by atoms with Crippen molar-refractivity contribution in [2.24, 2.45) is 0 Å². The number of benzene rings is 1. The van der Waals surface area contributed by atoms with Crippen molar-refractivity contribution in [3.05, 3.63) is 88.9 Å². The molecule has 1 unspecified atom stereocenters. The van der Waals surface area contributed by atoms with Crippen molar-refractivity contribution in [3.8, 4) is 5.69 Å². The molecule has 0 radical (unpaired) electrons. The van der Waals surface area contributed by atoms with E-state index in [0.717, 1.165) is 54.0 Å². The highest BCUT2D eigenvalue weighted by molar-refractivity contribution is 5.62. The smallest absolute Gasteiger partial charge is 0.132 e. The number of nitrogens with zero attached hydrogens (tertiary/aromatic N) is 3. The zero-order valence-electron chi connectivity index (χ0n) is 17.5. The quantitative estimate of drug-likeness (QED) is 0.649. The molecule has 0 spiro atoms. The third-order valence-corrected chi connectivity index (χ3v) is 6.02. The highest BCUT2D eigenvalue weighted by Crippen LogP contribution is 2.34. The van der Waals surface area contributed by atoms with Gasteiger partial charge in [-0.2, -0.15) is 0 Å². The lowest BCUT2D eigenvalue weighted by molar-refractivity contribution is 0.335. The molecular formula is C25H28FN3. The van der Waals surface area contributed by atoms with Gasteiger partial charge in [0, 0.05) is 30.0 Å². The van der Waals surface area contributed by atoms with Crippen LogP contribution in [-0.4, -0.2) is 27.0 Å². The zero-order chi connectivity index (χ0) is 20.5. The number of hydrogen-bond acceptors (Lipinski definition) is 2. The molecule has 1 atom stereocenters. The summed E-state index contributed by atoms with van der Waals surface area (Å²) >= 11 is 0. The maximum atomic E-state index is 14.9. The summed E-state index contributed by atoms with van der Waals surface area (Å²) in [6, 6.07) is 3.85. The normalized spacial score (nSPS) is 19.2. The minimum absolute atomic E-state index is 0.219. The molecule has 1 fully saturated rings.